The van der Waals surface area contributed by atoms with Crippen LogP contribution in [0.5, 0.6) is 0 Å². The lowest BCUT2D eigenvalue weighted by Gasteiger charge is -2.19. The number of aromatic nitrogens is 1. The minimum atomic E-state index is -0.731. The molecule has 20 heavy (non-hydrogen) atoms. The minimum Gasteiger partial charge on any atom is -0.481 e. The Morgan fingerprint density at radius 1 is 1.35 bits per heavy atom. The Kier molecular flexibility index (Phi) is 3.71. The number of fused-ring (bicyclic) bond motifs is 1. The van der Waals surface area contributed by atoms with Crippen molar-refractivity contribution in [3.05, 3.63) is 10.6 Å². The second-order valence-electron chi connectivity index (χ2n) is 6.28. The standard InChI is InChI=1S/C15H22N2O2S/c1-8-6-7-11(9(8)2)16-15-17-13-10(14(18)19)4-3-5-12(13)20-15/h8-11H,3-7H2,1-2H3,(H,16,17)(H,18,19). The maximum absolute atomic E-state index is 11.3. The molecule has 3 rings (SSSR count). The van der Waals surface area contributed by atoms with Crippen LogP contribution in [0.1, 0.15) is 56.0 Å². The van der Waals surface area contributed by atoms with Crippen LogP contribution in [0.4, 0.5) is 5.13 Å². The van der Waals surface area contributed by atoms with Crippen LogP contribution in [0.2, 0.25) is 0 Å². The van der Waals surface area contributed by atoms with Crippen LogP contribution in [0.3, 0.4) is 0 Å². The van der Waals surface area contributed by atoms with Gasteiger partial charge >= 0.3 is 5.97 Å². The third-order valence-electron chi connectivity index (χ3n) is 5.03. The van der Waals surface area contributed by atoms with Crippen LogP contribution in [0, 0.1) is 11.8 Å². The molecule has 0 spiro atoms. The lowest BCUT2D eigenvalue weighted by molar-refractivity contribution is -0.139. The highest BCUT2D eigenvalue weighted by molar-refractivity contribution is 7.15. The van der Waals surface area contributed by atoms with Crippen molar-refractivity contribution in [2.45, 2.75) is 57.9 Å². The van der Waals surface area contributed by atoms with Crippen molar-refractivity contribution < 1.29 is 9.90 Å². The molecule has 1 aromatic rings. The van der Waals surface area contributed by atoms with E-state index in [2.05, 4.69) is 24.1 Å². The van der Waals surface area contributed by atoms with Crippen LogP contribution < -0.4 is 5.32 Å². The molecule has 2 N–H and O–H groups in total. The van der Waals surface area contributed by atoms with Gasteiger partial charge in [0, 0.05) is 10.9 Å². The van der Waals surface area contributed by atoms with E-state index in [9.17, 15) is 9.90 Å². The third kappa shape index (κ3) is 2.43. The van der Waals surface area contributed by atoms with Gasteiger partial charge in [-0.25, -0.2) is 4.98 Å². The highest BCUT2D eigenvalue weighted by atomic mass is 32.1. The smallest absolute Gasteiger partial charge is 0.312 e. The van der Waals surface area contributed by atoms with E-state index in [-0.39, 0.29) is 0 Å². The molecule has 110 valence electrons. The number of nitrogens with zero attached hydrogens (tertiary/aromatic N) is 1. The molecule has 0 aliphatic heterocycles. The molecule has 1 saturated carbocycles. The van der Waals surface area contributed by atoms with E-state index in [1.165, 1.54) is 17.7 Å². The van der Waals surface area contributed by atoms with Gasteiger partial charge in [0.1, 0.15) is 5.92 Å². The fraction of sp³-hybridized carbons (Fsp3) is 0.733. The predicted molar refractivity (Wildman–Crippen MR) is 80.4 cm³/mol. The first kappa shape index (κ1) is 13.9. The zero-order valence-corrected chi connectivity index (χ0v) is 12.9. The largest absolute Gasteiger partial charge is 0.481 e. The number of carboxylic acid groups (broad SMARTS) is 1. The van der Waals surface area contributed by atoms with Gasteiger partial charge in [0.15, 0.2) is 5.13 Å². The van der Waals surface area contributed by atoms with Crippen LogP contribution in [0.15, 0.2) is 0 Å². The normalized spacial score (nSPS) is 32.9. The molecule has 2 aliphatic rings. The van der Waals surface area contributed by atoms with Crippen molar-refractivity contribution in [1.82, 2.24) is 4.98 Å². The molecule has 0 amide bonds. The summed E-state index contributed by atoms with van der Waals surface area (Å²) in [6, 6.07) is 0.487. The predicted octanol–water partition coefficient (Wildman–Crippen LogP) is 3.49. The van der Waals surface area contributed by atoms with Crippen LogP contribution in [-0.2, 0) is 11.2 Å². The van der Waals surface area contributed by atoms with E-state index in [1.807, 2.05) is 0 Å². The molecule has 1 fully saturated rings. The zero-order chi connectivity index (χ0) is 14.3. The summed E-state index contributed by atoms with van der Waals surface area (Å²) in [5.74, 6) is 0.288. The quantitative estimate of drug-likeness (QED) is 0.895. The molecule has 4 nitrogen and oxygen atoms in total. The number of carboxylic acids is 1. The highest BCUT2D eigenvalue weighted by Gasteiger charge is 2.33. The minimum absolute atomic E-state index is 0.398. The summed E-state index contributed by atoms with van der Waals surface area (Å²) >= 11 is 1.66. The van der Waals surface area contributed by atoms with Crippen molar-refractivity contribution in [3.8, 4) is 0 Å². The first-order valence-corrected chi connectivity index (χ1v) is 8.37. The fourth-order valence-corrected chi connectivity index (χ4v) is 4.57. The molecule has 0 bridgehead atoms. The zero-order valence-electron chi connectivity index (χ0n) is 12.1. The van der Waals surface area contributed by atoms with E-state index >= 15 is 0 Å². The van der Waals surface area contributed by atoms with Crippen molar-refractivity contribution >= 4 is 22.4 Å². The van der Waals surface area contributed by atoms with Gasteiger partial charge in [-0.05, 0) is 43.9 Å². The van der Waals surface area contributed by atoms with Crippen molar-refractivity contribution in [2.75, 3.05) is 5.32 Å². The molecule has 0 saturated heterocycles. The summed E-state index contributed by atoms with van der Waals surface area (Å²) in [7, 11) is 0. The number of carbonyl (C=O) groups is 1. The second-order valence-corrected chi connectivity index (χ2v) is 7.36. The molecule has 5 heteroatoms. The number of thiazole rings is 1. The van der Waals surface area contributed by atoms with Crippen molar-refractivity contribution in [2.24, 2.45) is 11.8 Å². The average molecular weight is 294 g/mol. The first-order chi connectivity index (χ1) is 9.56. The van der Waals surface area contributed by atoms with Crippen LogP contribution in [0.25, 0.3) is 0 Å². The number of rotatable bonds is 3. The summed E-state index contributed by atoms with van der Waals surface area (Å²) in [5, 5.41) is 13.8. The summed E-state index contributed by atoms with van der Waals surface area (Å²) in [6.45, 7) is 4.60. The molecule has 1 aromatic heterocycles. The molecule has 1 heterocycles. The third-order valence-corrected chi connectivity index (χ3v) is 6.09. The number of nitrogens with one attached hydrogen (secondary N) is 1. The van der Waals surface area contributed by atoms with Crippen molar-refractivity contribution in [3.63, 3.8) is 0 Å². The van der Waals surface area contributed by atoms with Gasteiger partial charge in [-0.2, -0.15) is 0 Å². The molecular formula is C15H22N2O2S. The summed E-state index contributed by atoms with van der Waals surface area (Å²) in [6.07, 6.45) is 5.12. The Morgan fingerprint density at radius 2 is 2.15 bits per heavy atom. The lowest BCUT2D eigenvalue weighted by atomic mass is 9.91. The number of aliphatic carboxylic acids is 1. The Morgan fingerprint density at radius 3 is 2.80 bits per heavy atom. The summed E-state index contributed by atoms with van der Waals surface area (Å²) in [4.78, 5) is 17.1. The van der Waals surface area contributed by atoms with Gasteiger partial charge in [-0.1, -0.05) is 13.8 Å². The summed E-state index contributed by atoms with van der Waals surface area (Å²) < 4.78 is 0. The van der Waals surface area contributed by atoms with Gasteiger partial charge < -0.3 is 10.4 Å². The lowest BCUT2D eigenvalue weighted by Crippen LogP contribution is -2.24. The Labute approximate surface area is 123 Å². The van der Waals surface area contributed by atoms with E-state index in [1.54, 1.807) is 11.3 Å². The fourth-order valence-electron chi connectivity index (χ4n) is 3.45. The Balaban J connectivity index is 1.78. The van der Waals surface area contributed by atoms with Crippen LogP contribution >= 0.6 is 11.3 Å². The highest BCUT2D eigenvalue weighted by Crippen LogP contribution is 2.39. The number of hydrogen-bond acceptors (Lipinski definition) is 4. The Bertz CT molecular complexity index is 514. The number of aryl methyl sites for hydroxylation is 1. The van der Waals surface area contributed by atoms with Crippen LogP contribution in [-0.4, -0.2) is 22.1 Å². The average Bonchev–Trinajstić information content (AvgIpc) is 2.96. The van der Waals surface area contributed by atoms with E-state index < -0.39 is 11.9 Å². The van der Waals surface area contributed by atoms with Gasteiger partial charge in [0.2, 0.25) is 0 Å². The molecule has 4 unspecified atom stereocenters. The maximum atomic E-state index is 11.3. The monoisotopic (exact) mass is 294 g/mol. The van der Waals surface area contributed by atoms with Gasteiger partial charge in [-0.3, -0.25) is 4.79 Å². The number of anilines is 1. The van der Waals surface area contributed by atoms with E-state index in [4.69, 9.17) is 0 Å². The topological polar surface area (TPSA) is 62.2 Å². The van der Waals surface area contributed by atoms with Crippen molar-refractivity contribution in [1.29, 1.82) is 0 Å². The first-order valence-electron chi connectivity index (χ1n) is 7.55. The van der Waals surface area contributed by atoms with Gasteiger partial charge in [-0.15, -0.1) is 11.3 Å². The Hall–Kier alpha value is -1.10. The molecule has 4 atom stereocenters. The van der Waals surface area contributed by atoms with Gasteiger partial charge in [0.05, 0.1) is 5.69 Å². The number of hydrogen-bond donors (Lipinski definition) is 2. The summed E-state index contributed by atoms with van der Waals surface area (Å²) in [5.41, 5.74) is 0.815. The van der Waals surface area contributed by atoms with E-state index in [0.29, 0.717) is 12.0 Å². The molecule has 0 aromatic carbocycles. The van der Waals surface area contributed by atoms with E-state index in [0.717, 1.165) is 36.0 Å². The van der Waals surface area contributed by atoms with Gasteiger partial charge in [0.25, 0.3) is 0 Å². The molecule has 0 radical (unpaired) electrons. The molecular weight excluding hydrogens is 272 g/mol. The second kappa shape index (κ2) is 5.35. The maximum Gasteiger partial charge on any atom is 0.312 e. The SMILES string of the molecule is CC1CCC(Nc2nc3c(s2)CCCC3C(=O)O)C1C. The molecule has 2 aliphatic carbocycles.